The molecule has 3 unspecified atom stereocenters. The fraction of sp³-hybridized carbons (Fsp3) is 0.588. The summed E-state index contributed by atoms with van der Waals surface area (Å²) in [6, 6.07) is 9.82. The number of aliphatic imine (C=N–C) groups is 1. The molecule has 1 N–H and O–H groups in total. The van der Waals surface area contributed by atoms with E-state index < -0.39 is 0 Å². The zero-order valence-electron chi connectivity index (χ0n) is 12.0. The van der Waals surface area contributed by atoms with E-state index in [1.807, 2.05) is 0 Å². The molecule has 0 amide bonds. The molecule has 3 rings (SSSR count). The van der Waals surface area contributed by atoms with E-state index in [-0.39, 0.29) is 0 Å². The smallest absolute Gasteiger partial charge is 0.0546 e. The molecule has 0 saturated heterocycles. The number of hydrogen-bond acceptors (Lipinski definition) is 2. The zero-order chi connectivity index (χ0) is 13.2. The predicted octanol–water partition coefficient (Wildman–Crippen LogP) is 3.33. The summed E-state index contributed by atoms with van der Waals surface area (Å²) in [5.74, 6) is 0.756. The molecule has 1 aromatic carbocycles. The fourth-order valence-electron chi connectivity index (χ4n) is 3.77. The highest BCUT2D eigenvalue weighted by molar-refractivity contribution is 6.02. The van der Waals surface area contributed by atoms with E-state index in [1.54, 1.807) is 0 Å². The number of nitrogens with one attached hydrogen (secondary N) is 1. The Bertz CT molecular complexity index is 478. The van der Waals surface area contributed by atoms with Crippen LogP contribution in [0.5, 0.6) is 0 Å². The van der Waals surface area contributed by atoms with Gasteiger partial charge < -0.3 is 5.32 Å². The average molecular weight is 256 g/mol. The summed E-state index contributed by atoms with van der Waals surface area (Å²) < 4.78 is 0. The van der Waals surface area contributed by atoms with Gasteiger partial charge in [-0.05, 0) is 43.9 Å². The summed E-state index contributed by atoms with van der Waals surface area (Å²) >= 11 is 0. The summed E-state index contributed by atoms with van der Waals surface area (Å²) in [7, 11) is 2.11. The molecule has 1 aliphatic carbocycles. The number of nitrogens with zero attached hydrogens (tertiary/aromatic N) is 1. The van der Waals surface area contributed by atoms with Crippen molar-refractivity contribution in [3.8, 4) is 0 Å². The van der Waals surface area contributed by atoms with Gasteiger partial charge in [-0.25, -0.2) is 0 Å². The first-order chi connectivity index (χ1) is 9.29. The van der Waals surface area contributed by atoms with Crippen molar-refractivity contribution < 1.29 is 0 Å². The molecule has 1 aliphatic heterocycles. The number of benzene rings is 1. The van der Waals surface area contributed by atoms with Crippen LogP contribution in [0.25, 0.3) is 0 Å². The van der Waals surface area contributed by atoms with Gasteiger partial charge in [0.1, 0.15) is 0 Å². The maximum atomic E-state index is 5.11. The maximum absolute atomic E-state index is 5.11. The van der Waals surface area contributed by atoms with E-state index in [4.69, 9.17) is 4.99 Å². The molecule has 2 nitrogen and oxygen atoms in total. The van der Waals surface area contributed by atoms with E-state index in [0.717, 1.165) is 12.3 Å². The summed E-state index contributed by atoms with van der Waals surface area (Å²) in [6.45, 7) is 2.19. The molecule has 1 heterocycles. The van der Waals surface area contributed by atoms with Crippen LogP contribution in [-0.4, -0.2) is 24.8 Å². The molecule has 19 heavy (non-hydrogen) atoms. The van der Waals surface area contributed by atoms with Crippen LogP contribution in [0, 0.1) is 12.8 Å². The number of aryl methyl sites for hydroxylation is 1. The van der Waals surface area contributed by atoms with Crippen LogP contribution in [0.3, 0.4) is 0 Å². The molecule has 1 aromatic rings. The first-order valence-corrected chi connectivity index (χ1v) is 7.59. The van der Waals surface area contributed by atoms with Crippen molar-refractivity contribution in [3.63, 3.8) is 0 Å². The third kappa shape index (κ3) is 2.46. The zero-order valence-corrected chi connectivity index (χ0v) is 12.0. The third-order valence-electron chi connectivity index (χ3n) is 4.86. The standard InChI is InChI=1S/C17H24N2/c1-12-7-3-4-8-13(12)17-11-16(18-2)14-9-5-6-10-15(14)19-17/h3-4,7-8,14-16,18H,5-6,9-11H2,1-2H3. The highest BCUT2D eigenvalue weighted by Crippen LogP contribution is 2.35. The van der Waals surface area contributed by atoms with Gasteiger partial charge in [0.05, 0.1) is 6.04 Å². The Kier molecular flexibility index (Phi) is 3.69. The van der Waals surface area contributed by atoms with Crippen molar-refractivity contribution in [2.75, 3.05) is 7.05 Å². The Hall–Kier alpha value is -1.15. The van der Waals surface area contributed by atoms with Gasteiger partial charge in [-0.2, -0.15) is 0 Å². The predicted molar refractivity (Wildman–Crippen MR) is 80.9 cm³/mol. The van der Waals surface area contributed by atoms with Crippen LogP contribution in [-0.2, 0) is 0 Å². The van der Waals surface area contributed by atoms with E-state index in [1.165, 1.54) is 42.5 Å². The summed E-state index contributed by atoms with van der Waals surface area (Å²) in [6.07, 6.45) is 6.44. The topological polar surface area (TPSA) is 24.4 Å². The second-order valence-electron chi connectivity index (χ2n) is 6.01. The van der Waals surface area contributed by atoms with Gasteiger partial charge in [-0.15, -0.1) is 0 Å². The van der Waals surface area contributed by atoms with Crippen molar-refractivity contribution in [3.05, 3.63) is 35.4 Å². The number of rotatable bonds is 2. The van der Waals surface area contributed by atoms with Crippen LogP contribution in [0.2, 0.25) is 0 Å². The van der Waals surface area contributed by atoms with Gasteiger partial charge in [0, 0.05) is 18.2 Å². The lowest BCUT2D eigenvalue weighted by molar-refractivity contribution is 0.235. The summed E-state index contributed by atoms with van der Waals surface area (Å²) in [4.78, 5) is 5.11. The van der Waals surface area contributed by atoms with E-state index in [2.05, 4.69) is 43.6 Å². The van der Waals surface area contributed by atoms with Crippen LogP contribution in [0.15, 0.2) is 29.3 Å². The monoisotopic (exact) mass is 256 g/mol. The molecule has 2 aliphatic rings. The van der Waals surface area contributed by atoms with Gasteiger partial charge in [-0.1, -0.05) is 37.1 Å². The molecule has 1 fully saturated rings. The van der Waals surface area contributed by atoms with Crippen LogP contribution in [0.4, 0.5) is 0 Å². The summed E-state index contributed by atoms with van der Waals surface area (Å²) in [5, 5.41) is 3.54. The quantitative estimate of drug-likeness (QED) is 0.862. The first-order valence-electron chi connectivity index (χ1n) is 7.59. The maximum Gasteiger partial charge on any atom is 0.0546 e. The third-order valence-corrected chi connectivity index (χ3v) is 4.86. The molecule has 102 valence electrons. The second-order valence-corrected chi connectivity index (χ2v) is 6.01. The minimum absolute atomic E-state index is 0.551. The lowest BCUT2D eigenvalue weighted by Crippen LogP contribution is -2.46. The molecule has 0 spiro atoms. The van der Waals surface area contributed by atoms with Crippen molar-refractivity contribution in [1.82, 2.24) is 5.32 Å². The SMILES string of the molecule is CNC1CC(c2ccccc2C)=NC2CCCCC21. The van der Waals surface area contributed by atoms with Crippen molar-refractivity contribution in [2.45, 2.75) is 51.1 Å². The largest absolute Gasteiger partial charge is 0.316 e. The highest BCUT2D eigenvalue weighted by Gasteiger charge is 2.35. The summed E-state index contributed by atoms with van der Waals surface area (Å²) in [5.41, 5.74) is 4.03. The minimum atomic E-state index is 0.551. The lowest BCUT2D eigenvalue weighted by atomic mass is 9.75. The highest BCUT2D eigenvalue weighted by atomic mass is 14.9. The molecular weight excluding hydrogens is 232 g/mol. The van der Waals surface area contributed by atoms with Gasteiger partial charge in [0.2, 0.25) is 0 Å². The second kappa shape index (κ2) is 5.46. The number of fused-ring (bicyclic) bond motifs is 1. The Balaban J connectivity index is 1.94. The molecule has 0 bridgehead atoms. The van der Waals surface area contributed by atoms with Gasteiger partial charge in [0.15, 0.2) is 0 Å². The van der Waals surface area contributed by atoms with Gasteiger partial charge >= 0.3 is 0 Å². The fourth-order valence-corrected chi connectivity index (χ4v) is 3.77. The van der Waals surface area contributed by atoms with Crippen molar-refractivity contribution in [1.29, 1.82) is 0 Å². The van der Waals surface area contributed by atoms with Gasteiger partial charge in [0.25, 0.3) is 0 Å². The van der Waals surface area contributed by atoms with Crippen molar-refractivity contribution >= 4 is 5.71 Å². The Morgan fingerprint density at radius 2 is 1.95 bits per heavy atom. The average Bonchev–Trinajstić information content (AvgIpc) is 2.46. The molecule has 3 atom stereocenters. The van der Waals surface area contributed by atoms with Crippen molar-refractivity contribution in [2.24, 2.45) is 10.9 Å². The molecular formula is C17H24N2. The van der Waals surface area contributed by atoms with E-state index in [0.29, 0.717) is 12.1 Å². The van der Waals surface area contributed by atoms with E-state index >= 15 is 0 Å². The minimum Gasteiger partial charge on any atom is -0.316 e. The Morgan fingerprint density at radius 1 is 1.16 bits per heavy atom. The van der Waals surface area contributed by atoms with Crippen LogP contribution >= 0.6 is 0 Å². The molecule has 1 saturated carbocycles. The van der Waals surface area contributed by atoms with Crippen LogP contribution in [0.1, 0.15) is 43.2 Å². The Labute approximate surface area is 116 Å². The number of hydrogen-bond donors (Lipinski definition) is 1. The first kappa shape index (κ1) is 12.9. The van der Waals surface area contributed by atoms with Crippen LogP contribution < -0.4 is 5.32 Å². The Morgan fingerprint density at radius 3 is 2.74 bits per heavy atom. The van der Waals surface area contributed by atoms with E-state index in [9.17, 15) is 0 Å². The molecule has 2 heteroatoms. The molecule has 0 radical (unpaired) electrons. The van der Waals surface area contributed by atoms with Gasteiger partial charge in [-0.3, -0.25) is 4.99 Å². The lowest BCUT2D eigenvalue weighted by Gasteiger charge is -2.39. The normalized spacial score (nSPS) is 30.6. The molecule has 0 aromatic heterocycles.